The number of nitrogens with zero attached hydrogens (tertiary/aromatic N) is 3. The molecule has 27 heavy (non-hydrogen) atoms. The van der Waals surface area contributed by atoms with Gasteiger partial charge in [0.25, 0.3) is 0 Å². The number of fused-ring (bicyclic) bond motifs is 1. The first-order chi connectivity index (χ1) is 12.9. The Kier molecular flexibility index (Phi) is 6.52. The van der Waals surface area contributed by atoms with Crippen LogP contribution in [0.4, 0.5) is 5.13 Å². The van der Waals surface area contributed by atoms with E-state index in [9.17, 15) is 4.79 Å². The number of benzene rings is 2. The minimum Gasteiger partial charge on any atom is -0.308 e. The van der Waals surface area contributed by atoms with Crippen LogP contribution in [-0.2, 0) is 4.79 Å². The van der Waals surface area contributed by atoms with Gasteiger partial charge in [0.15, 0.2) is 5.13 Å². The summed E-state index contributed by atoms with van der Waals surface area (Å²) in [5, 5.41) is 0.788. The van der Waals surface area contributed by atoms with E-state index in [2.05, 4.69) is 55.1 Å². The number of hydrogen-bond donors (Lipinski definition) is 0. The van der Waals surface area contributed by atoms with Crippen molar-refractivity contribution in [3.8, 4) is 0 Å². The van der Waals surface area contributed by atoms with Crippen molar-refractivity contribution in [2.45, 2.75) is 18.7 Å². The fourth-order valence-corrected chi connectivity index (χ4v) is 4.54. The Bertz CT molecular complexity index is 919. The Hall–Kier alpha value is -1.89. The van der Waals surface area contributed by atoms with Crippen molar-refractivity contribution in [2.24, 2.45) is 0 Å². The van der Waals surface area contributed by atoms with Crippen LogP contribution in [0.5, 0.6) is 0 Å². The van der Waals surface area contributed by atoms with Crippen LogP contribution in [0.1, 0.15) is 11.1 Å². The zero-order valence-electron chi connectivity index (χ0n) is 16.2. The number of thioether (sulfide) groups is 1. The molecule has 1 aromatic heterocycles. The van der Waals surface area contributed by atoms with E-state index in [1.807, 2.05) is 25.1 Å². The molecule has 0 atom stereocenters. The van der Waals surface area contributed by atoms with Gasteiger partial charge in [0.05, 0.1) is 16.0 Å². The van der Waals surface area contributed by atoms with Crippen molar-refractivity contribution in [3.05, 3.63) is 53.6 Å². The first kappa shape index (κ1) is 19.9. The Balaban J connectivity index is 1.79. The highest BCUT2D eigenvalue weighted by Crippen LogP contribution is 2.31. The number of carbonyl (C=O) groups is 1. The van der Waals surface area contributed by atoms with Crippen LogP contribution < -0.4 is 4.90 Å². The SMILES string of the molecule is Cc1ccc(SCC(=O)N(CCN(C)C)c2nc3c(C)cccc3s2)cc1. The smallest absolute Gasteiger partial charge is 0.239 e. The van der Waals surface area contributed by atoms with E-state index in [0.29, 0.717) is 12.3 Å². The molecule has 0 aliphatic rings. The topological polar surface area (TPSA) is 36.4 Å². The van der Waals surface area contributed by atoms with E-state index in [1.54, 1.807) is 23.1 Å². The summed E-state index contributed by atoms with van der Waals surface area (Å²) in [6.45, 7) is 5.57. The van der Waals surface area contributed by atoms with E-state index >= 15 is 0 Å². The largest absolute Gasteiger partial charge is 0.308 e. The minimum absolute atomic E-state index is 0.0964. The number of likely N-dealkylation sites (N-methyl/N-ethyl adjacent to an activating group) is 1. The van der Waals surface area contributed by atoms with Crippen molar-refractivity contribution >= 4 is 44.4 Å². The number of rotatable bonds is 7. The van der Waals surface area contributed by atoms with Gasteiger partial charge in [0.2, 0.25) is 5.91 Å². The molecule has 0 unspecified atom stereocenters. The van der Waals surface area contributed by atoms with Crippen LogP contribution in [0.3, 0.4) is 0 Å². The van der Waals surface area contributed by atoms with Crippen LogP contribution in [0.2, 0.25) is 0 Å². The van der Waals surface area contributed by atoms with Gasteiger partial charge in [-0.25, -0.2) is 4.98 Å². The van der Waals surface area contributed by atoms with Crippen LogP contribution in [0, 0.1) is 13.8 Å². The second kappa shape index (κ2) is 8.87. The molecule has 0 saturated heterocycles. The number of hydrogen-bond acceptors (Lipinski definition) is 5. The van der Waals surface area contributed by atoms with Crippen LogP contribution in [0.25, 0.3) is 10.2 Å². The van der Waals surface area contributed by atoms with Crippen molar-refractivity contribution in [2.75, 3.05) is 37.8 Å². The standard InChI is InChI=1S/C21H25N3OS2/c1-15-8-10-17(11-9-15)26-14-19(25)24(13-12-23(3)4)21-22-20-16(2)6-5-7-18(20)27-21/h5-11H,12-14H2,1-4H3. The van der Waals surface area contributed by atoms with Gasteiger partial charge in [-0.05, 0) is 51.7 Å². The minimum atomic E-state index is 0.0964. The summed E-state index contributed by atoms with van der Waals surface area (Å²) < 4.78 is 1.12. The molecule has 6 heteroatoms. The van der Waals surface area contributed by atoms with Crippen molar-refractivity contribution in [1.82, 2.24) is 9.88 Å². The van der Waals surface area contributed by atoms with Gasteiger partial charge < -0.3 is 4.90 Å². The molecule has 0 spiro atoms. The fraction of sp³-hybridized carbons (Fsp3) is 0.333. The average molecular weight is 400 g/mol. The Morgan fingerprint density at radius 3 is 2.48 bits per heavy atom. The summed E-state index contributed by atoms with van der Waals surface area (Å²) >= 11 is 3.17. The summed E-state index contributed by atoms with van der Waals surface area (Å²) in [5.74, 6) is 0.505. The van der Waals surface area contributed by atoms with Gasteiger partial charge in [-0.1, -0.05) is 41.2 Å². The lowest BCUT2D eigenvalue weighted by Crippen LogP contribution is -2.37. The normalized spacial score (nSPS) is 11.3. The molecule has 0 radical (unpaired) electrons. The number of thiazole rings is 1. The summed E-state index contributed by atoms with van der Waals surface area (Å²) in [7, 11) is 4.04. The lowest BCUT2D eigenvalue weighted by atomic mass is 10.2. The Labute approximate surface area is 169 Å². The fourth-order valence-electron chi connectivity index (χ4n) is 2.67. The monoisotopic (exact) mass is 399 g/mol. The Morgan fingerprint density at radius 1 is 1.07 bits per heavy atom. The van der Waals surface area contributed by atoms with E-state index in [1.165, 1.54) is 5.56 Å². The number of amides is 1. The van der Waals surface area contributed by atoms with Gasteiger partial charge in [-0.2, -0.15) is 0 Å². The van der Waals surface area contributed by atoms with Crippen molar-refractivity contribution < 1.29 is 4.79 Å². The Morgan fingerprint density at radius 2 is 1.81 bits per heavy atom. The molecule has 142 valence electrons. The number of aryl methyl sites for hydroxylation is 2. The molecular weight excluding hydrogens is 374 g/mol. The van der Waals surface area contributed by atoms with Crippen LogP contribution in [-0.4, -0.2) is 48.7 Å². The lowest BCUT2D eigenvalue weighted by Gasteiger charge is -2.21. The molecular formula is C21H25N3OS2. The summed E-state index contributed by atoms with van der Waals surface area (Å²) in [4.78, 5) is 22.8. The zero-order valence-corrected chi connectivity index (χ0v) is 17.9. The number of aromatic nitrogens is 1. The maximum Gasteiger partial charge on any atom is 0.239 e. The molecule has 1 heterocycles. The first-order valence-electron chi connectivity index (χ1n) is 8.95. The predicted molar refractivity (Wildman–Crippen MR) is 117 cm³/mol. The van der Waals surface area contributed by atoms with Gasteiger partial charge in [0.1, 0.15) is 0 Å². The highest BCUT2D eigenvalue weighted by atomic mass is 32.2. The van der Waals surface area contributed by atoms with E-state index < -0.39 is 0 Å². The predicted octanol–water partition coefficient (Wildman–Crippen LogP) is 4.60. The molecule has 0 bridgehead atoms. The molecule has 4 nitrogen and oxygen atoms in total. The lowest BCUT2D eigenvalue weighted by molar-refractivity contribution is -0.116. The number of para-hydroxylation sites is 1. The van der Waals surface area contributed by atoms with E-state index in [-0.39, 0.29) is 5.91 Å². The molecule has 0 aliphatic carbocycles. The maximum atomic E-state index is 13.0. The highest BCUT2D eigenvalue weighted by molar-refractivity contribution is 8.00. The van der Waals surface area contributed by atoms with Gasteiger partial charge >= 0.3 is 0 Å². The summed E-state index contributed by atoms with van der Waals surface area (Å²) in [5.41, 5.74) is 3.36. The van der Waals surface area contributed by atoms with Gasteiger partial charge in [-0.15, -0.1) is 11.8 Å². The molecule has 0 saturated carbocycles. The van der Waals surface area contributed by atoms with Crippen LogP contribution >= 0.6 is 23.1 Å². The summed E-state index contributed by atoms with van der Waals surface area (Å²) in [6.07, 6.45) is 0. The van der Waals surface area contributed by atoms with Gasteiger partial charge in [-0.3, -0.25) is 9.69 Å². The molecule has 0 fully saturated rings. The molecule has 2 aromatic carbocycles. The van der Waals surface area contributed by atoms with Gasteiger partial charge in [0, 0.05) is 18.0 Å². The third-order valence-corrected chi connectivity index (χ3v) is 6.34. The molecule has 1 amide bonds. The van der Waals surface area contributed by atoms with E-state index in [0.717, 1.165) is 32.4 Å². The molecule has 0 N–H and O–H groups in total. The second-order valence-electron chi connectivity index (χ2n) is 6.87. The third kappa shape index (κ3) is 5.09. The number of carbonyl (C=O) groups excluding carboxylic acids is 1. The molecule has 3 rings (SSSR count). The first-order valence-corrected chi connectivity index (χ1v) is 10.7. The quantitative estimate of drug-likeness (QED) is 0.544. The van der Waals surface area contributed by atoms with Crippen LogP contribution in [0.15, 0.2) is 47.4 Å². The summed E-state index contributed by atoms with van der Waals surface area (Å²) in [6, 6.07) is 14.5. The van der Waals surface area contributed by atoms with Crippen molar-refractivity contribution in [3.63, 3.8) is 0 Å². The maximum absolute atomic E-state index is 13.0. The second-order valence-corrected chi connectivity index (χ2v) is 8.93. The van der Waals surface area contributed by atoms with E-state index in [4.69, 9.17) is 4.98 Å². The van der Waals surface area contributed by atoms with Crippen molar-refractivity contribution in [1.29, 1.82) is 0 Å². The average Bonchev–Trinajstić information content (AvgIpc) is 3.06. The molecule has 0 aliphatic heterocycles. The zero-order chi connectivity index (χ0) is 19.4. The number of anilines is 1. The molecule has 3 aromatic rings. The highest BCUT2D eigenvalue weighted by Gasteiger charge is 2.20. The third-order valence-electron chi connectivity index (χ3n) is 4.30.